The van der Waals surface area contributed by atoms with Gasteiger partial charge in [0, 0.05) is 18.8 Å². The molecule has 0 atom stereocenters. The third-order valence-electron chi connectivity index (χ3n) is 5.54. The van der Waals surface area contributed by atoms with Crippen molar-refractivity contribution in [1.29, 1.82) is 0 Å². The molecule has 6 nitrogen and oxygen atoms in total. The maximum atomic E-state index is 14.5. The number of rotatable bonds is 3. The van der Waals surface area contributed by atoms with Gasteiger partial charge in [0.05, 0.1) is 17.1 Å². The third-order valence-corrected chi connectivity index (χ3v) is 6.45. The number of carbonyl (C=O) groups excluding carboxylic acids is 1. The monoisotopic (exact) mass is 403 g/mol. The molecule has 2 aromatic rings. The average Bonchev–Trinajstić information content (AvgIpc) is 3.07. The largest absolute Gasteiger partial charge is 0.360 e. The summed E-state index contributed by atoms with van der Waals surface area (Å²) in [7, 11) is -3.78. The van der Waals surface area contributed by atoms with Crippen molar-refractivity contribution < 1.29 is 17.6 Å². The highest BCUT2D eigenvalue weighted by molar-refractivity contribution is 7.89. The molecule has 1 amide bonds. The van der Waals surface area contributed by atoms with E-state index in [1.54, 1.807) is 17.0 Å². The maximum absolute atomic E-state index is 14.5. The van der Waals surface area contributed by atoms with E-state index >= 15 is 0 Å². The van der Waals surface area contributed by atoms with Gasteiger partial charge in [-0.2, -0.15) is 0 Å². The van der Waals surface area contributed by atoms with Crippen LogP contribution in [0.2, 0.25) is 0 Å². The molecule has 2 aliphatic rings. The molecule has 0 aromatic heterocycles. The number of fused-ring (bicyclic) bond motifs is 2. The van der Waals surface area contributed by atoms with Crippen LogP contribution in [0.4, 0.5) is 15.8 Å². The Kier molecular flexibility index (Phi) is 4.63. The minimum atomic E-state index is -3.78. The van der Waals surface area contributed by atoms with Crippen LogP contribution >= 0.6 is 0 Å². The highest BCUT2D eigenvalue weighted by Crippen LogP contribution is 2.34. The third kappa shape index (κ3) is 3.27. The van der Waals surface area contributed by atoms with Crippen molar-refractivity contribution in [2.75, 3.05) is 29.4 Å². The van der Waals surface area contributed by atoms with Crippen molar-refractivity contribution >= 4 is 27.3 Å². The number of hydrogen-bond acceptors (Lipinski definition) is 4. The first-order valence-corrected chi connectivity index (χ1v) is 10.8. The lowest BCUT2D eigenvalue weighted by atomic mass is 9.96. The summed E-state index contributed by atoms with van der Waals surface area (Å²) in [6.07, 6.45) is 2.25. The Morgan fingerprint density at radius 3 is 2.71 bits per heavy atom. The number of sulfonamides is 1. The van der Waals surface area contributed by atoms with Crippen molar-refractivity contribution in [2.24, 2.45) is 5.14 Å². The standard InChI is InChI=1S/C20H22FN3O3S/c1-13-4-6-17(21)20-16(13)3-2-9-23(20)12-19(25)24-10-8-14-11-15(28(22,26)27)5-7-18(14)24/h4-7,11H,2-3,8-10,12H2,1H3,(H2,22,26,27). The Morgan fingerprint density at radius 1 is 1.18 bits per heavy atom. The van der Waals surface area contributed by atoms with E-state index in [1.165, 1.54) is 18.2 Å². The normalized spacial score (nSPS) is 16.1. The van der Waals surface area contributed by atoms with E-state index in [2.05, 4.69) is 0 Å². The Labute approximate surface area is 163 Å². The molecule has 0 aliphatic carbocycles. The number of nitrogens with zero attached hydrogens (tertiary/aromatic N) is 2. The van der Waals surface area contributed by atoms with E-state index in [-0.39, 0.29) is 23.2 Å². The summed E-state index contributed by atoms with van der Waals surface area (Å²) in [5.41, 5.74) is 4.01. The van der Waals surface area contributed by atoms with Crippen LogP contribution in [0.25, 0.3) is 0 Å². The van der Waals surface area contributed by atoms with Gasteiger partial charge < -0.3 is 9.80 Å². The molecule has 0 unspecified atom stereocenters. The number of anilines is 2. The Bertz CT molecular complexity index is 1070. The van der Waals surface area contributed by atoms with E-state index in [9.17, 15) is 17.6 Å². The Balaban J connectivity index is 1.59. The number of hydrogen-bond donors (Lipinski definition) is 1. The van der Waals surface area contributed by atoms with Crippen LogP contribution in [-0.4, -0.2) is 34.0 Å². The second-order valence-corrected chi connectivity index (χ2v) is 8.91. The minimum Gasteiger partial charge on any atom is -0.360 e. The number of halogens is 1. The van der Waals surface area contributed by atoms with Gasteiger partial charge in [-0.05, 0) is 67.1 Å². The molecule has 0 fully saturated rings. The van der Waals surface area contributed by atoms with E-state index < -0.39 is 10.0 Å². The van der Waals surface area contributed by atoms with Gasteiger partial charge in [0.15, 0.2) is 0 Å². The molecule has 2 heterocycles. The van der Waals surface area contributed by atoms with Crippen LogP contribution in [0.3, 0.4) is 0 Å². The average molecular weight is 403 g/mol. The summed E-state index contributed by atoms with van der Waals surface area (Å²) in [5.74, 6) is -0.427. The molecule has 0 radical (unpaired) electrons. The summed E-state index contributed by atoms with van der Waals surface area (Å²) < 4.78 is 37.6. The smallest absolute Gasteiger partial charge is 0.246 e. The first-order valence-electron chi connectivity index (χ1n) is 9.25. The fraction of sp³-hybridized carbons (Fsp3) is 0.350. The zero-order chi connectivity index (χ0) is 20.1. The van der Waals surface area contributed by atoms with Gasteiger partial charge >= 0.3 is 0 Å². The summed E-state index contributed by atoms with van der Waals surface area (Å²) >= 11 is 0. The van der Waals surface area contributed by atoms with Crippen LogP contribution in [0.15, 0.2) is 35.2 Å². The van der Waals surface area contributed by atoms with Gasteiger partial charge in [-0.3, -0.25) is 4.79 Å². The molecule has 28 heavy (non-hydrogen) atoms. The first-order chi connectivity index (χ1) is 13.3. The zero-order valence-corrected chi connectivity index (χ0v) is 16.4. The second kappa shape index (κ2) is 6.86. The highest BCUT2D eigenvalue weighted by Gasteiger charge is 2.29. The van der Waals surface area contributed by atoms with Crippen molar-refractivity contribution in [1.82, 2.24) is 0 Å². The van der Waals surface area contributed by atoms with Crippen LogP contribution in [-0.2, 0) is 27.7 Å². The SMILES string of the molecule is Cc1ccc(F)c2c1CCCN2CC(=O)N1CCc2cc(S(N)(=O)=O)ccc21. The minimum absolute atomic E-state index is 0.0445. The number of aryl methyl sites for hydroxylation is 1. The fourth-order valence-electron chi connectivity index (χ4n) is 4.15. The summed E-state index contributed by atoms with van der Waals surface area (Å²) in [6.45, 7) is 3.15. The highest BCUT2D eigenvalue weighted by atomic mass is 32.2. The zero-order valence-electron chi connectivity index (χ0n) is 15.6. The molecule has 0 bridgehead atoms. The lowest BCUT2D eigenvalue weighted by Crippen LogP contribution is -2.42. The molecule has 148 valence electrons. The number of nitrogens with two attached hydrogens (primary N) is 1. The van der Waals surface area contributed by atoms with Crippen LogP contribution in [0.1, 0.15) is 23.1 Å². The fourth-order valence-corrected chi connectivity index (χ4v) is 4.71. The van der Waals surface area contributed by atoms with Gasteiger partial charge in [-0.25, -0.2) is 17.9 Å². The van der Waals surface area contributed by atoms with Gasteiger partial charge in [0.25, 0.3) is 0 Å². The number of benzene rings is 2. The predicted octanol–water partition coefficient (Wildman–Crippen LogP) is 2.12. The van der Waals surface area contributed by atoms with E-state index in [4.69, 9.17) is 5.14 Å². The predicted molar refractivity (Wildman–Crippen MR) is 106 cm³/mol. The lowest BCUT2D eigenvalue weighted by Gasteiger charge is -2.33. The van der Waals surface area contributed by atoms with Gasteiger partial charge in [0.1, 0.15) is 5.82 Å². The quantitative estimate of drug-likeness (QED) is 0.851. The number of amides is 1. The second-order valence-electron chi connectivity index (χ2n) is 7.35. The topological polar surface area (TPSA) is 83.7 Å². The molecular weight excluding hydrogens is 381 g/mol. The van der Waals surface area contributed by atoms with E-state index in [1.807, 2.05) is 11.8 Å². The van der Waals surface area contributed by atoms with Gasteiger partial charge in [-0.1, -0.05) is 6.07 Å². The summed E-state index contributed by atoms with van der Waals surface area (Å²) in [4.78, 5) is 16.5. The van der Waals surface area contributed by atoms with Gasteiger partial charge in [0.2, 0.25) is 15.9 Å². The Hall–Kier alpha value is -2.45. The maximum Gasteiger partial charge on any atom is 0.246 e. The van der Waals surface area contributed by atoms with E-state index in [0.29, 0.717) is 30.9 Å². The van der Waals surface area contributed by atoms with Crippen LogP contribution < -0.4 is 14.9 Å². The molecule has 0 spiro atoms. The van der Waals surface area contributed by atoms with Crippen LogP contribution in [0, 0.1) is 12.7 Å². The van der Waals surface area contributed by atoms with Crippen molar-refractivity contribution in [3.05, 3.63) is 52.8 Å². The molecule has 0 saturated carbocycles. The van der Waals surface area contributed by atoms with Crippen molar-refractivity contribution in [3.63, 3.8) is 0 Å². The molecule has 2 N–H and O–H groups in total. The molecule has 8 heteroatoms. The number of carbonyl (C=O) groups is 1. The van der Waals surface area contributed by atoms with Crippen molar-refractivity contribution in [2.45, 2.75) is 31.1 Å². The van der Waals surface area contributed by atoms with E-state index in [0.717, 1.165) is 29.5 Å². The molecule has 2 aromatic carbocycles. The van der Waals surface area contributed by atoms with Crippen molar-refractivity contribution in [3.8, 4) is 0 Å². The van der Waals surface area contributed by atoms with Crippen LogP contribution in [0.5, 0.6) is 0 Å². The Morgan fingerprint density at radius 2 is 1.96 bits per heavy atom. The summed E-state index contributed by atoms with van der Waals surface area (Å²) in [5, 5.41) is 5.19. The molecule has 0 saturated heterocycles. The molecule has 2 aliphatic heterocycles. The van der Waals surface area contributed by atoms with Gasteiger partial charge in [-0.15, -0.1) is 0 Å². The summed E-state index contributed by atoms with van der Waals surface area (Å²) in [6, 6.07) is 7.79. The molecule has 4 rings (SSSR count). The number of primary sulfonamides is 1. The first kappa shape index (κ1) is 18.9. The molecular formula is C20H22FN3O3S. The lowest BCUT2D eigenvalue weighted by molar-refractivity contribution is -0.117.